The van der Waals surface area contributed by atoms with Crippen molar-refractivity contribution in [3.8, 4) is 17.2 Å². The molecule has 29 heavy (non-hydrogen) atoms. The highest BCUT2D eigenvalue weighted by molar-refractivity contribution is 5.96. The van der Waals surface area contributed by atoms with E-state index in [4.69, 9.17) is 9.47 Å². The number of nitro groups is 1. The molecule has 0 fully saturated rings. The zero-order chi connectivity index (χ0) is 20.6. The van der Waals surface area contributed by atoms with Crippen LogP contribution in [0.2, 0.25) is 0 Å². The molecule has 0 spiro atoms. The molecule has 0 radical (unpaired) electrons. The predicted octanol–water partition coefficient (Wildman–Crippen LogP) is 4.45. The van der Waals surface area contributed by atoms with E-state index in [0.717, 1.165) is 0 Å². The minimum atomic E-state index is -0.575. The van der Waals surface area contributed by atoms with E-state index in [0.29, 0.717) is 22.9 Å². The molecule has 0 aliphatic carbocycles. The number of carbonyl (C=O) groups is 1. The molecule has 0 saturated heterocycles. The van der Waals surface area contributed by atoms with Crippen molar-refractivity contribution in [3.63, 3.8) is 0 Å². The standard InChI is InChI=1S/C21H19N3O5/c1-28-16-11-12-17(19(13-16)24(26)27)23-21(25)14-22-18-9-5-6-10-20(18)29-15-7-3-2-4-8-15/h2-13,22H,14H2,1H3,(H,23,25). The van der Waals surface area contributed by atoms with Crippen LogP contribution in [-0.2, 0) is 4.79 Å². The third-order valence-corrected chi connectivity index (χ3v) is 3.97. The molecule has 0 heterocycles. The highest BCUT2D eigenvalue weighted by atomic mass is 16.6. The normalized spacial score (nSPS) is 10.1. The molecule has 0 aliphatic rings. The van der Waals surface area contributed by atoms with Gasteiger partial charge in [0, 0.05) is 0 Å². The van der Waals surface area contributed by atoms with Gasteiger partial charge >= 0.3 is 0 Å². The SMILES string of the molecule is COc1ccc(NC(=O)CNc2ccccc2Oc2ccccc2)c([N+](=O)[O-])c1. The minimum Gasteiger partial charge on any atom is -0.496 e. The molecule has 0 atom stereocenters. The lowest BCUT2D eigenvalue weighted by molar-refractivity contribution is -0.384. The van der Waals surface area contributed by atoms with Crippen molar-refractivity contribution in [1.29, 1.82) is 0 Å². The van der Waals surface area contributed by atoms with E-state index in [-0.39, 0.29) is 17.9 Å². The number of nitrogens with one attached hydrogen (secondary N) is 2. The van der Waals surface area contributed by atoms with E-state index < -0.39 is 10.8 Å². The number of nitro benzene ring substituents is 1. The Morgan fingerprint density at radius 1 is 0.966 bits per heavy atom. The van der Waals surface area contributed by atoms with Gasteiger partial charge in [0.15, 0.2) is 5.75 Å². The molecule has 148 valence electrons. The number of hydrogen-bond acceptors (Lipinski definition) is 6. The first-order valence-corrected chi connectivity index (χ1v) is 8.75. The monoisotopic (exact) mass is 393 g/mol. The quantitative estimate of drug-likeness (QED) is 0.433. The van der Waals surface area contributed by atoms with Gasteiger partial charge in [0.05, 0.1) is 30.3 Å². The summed E-state index contributed by atoms with van der Waals surface area (Å²) < 4.78 is 10.8. The van der Waals surface area contributed by atoms with Crippen LogP contribution >= 0.6 is 0 Å². The molecule has 1 amide bonds. The second kappa shape index (κ2) is 9.23. The molecule has 0 saturated carbocycles. The van der Waals surface area contributed by atoms with Gasteiger partial charge in [-0.3, -0.25) is 14.9 Å². The fraction of sp³-hybridized carbons (Fsp3) is 0.0952. The number of carbonyl (C=O) groups excluding carboxylic acids is 1. The largest absolute Gasteiger partial charge is 0.496 e. The van der Waals surface area contributed by atoms with E-state index in [9.17, 15) is 14.9 Å². The van der Waals surface area contributed by atoms with Gasteiger partial charge in [-0.1, -0.05) is 30.3 Å². The third kappa shape index (κ3) is 5.23. The van der Waals surface area contributed by atoms with Crippen molar-refractivity contribution in [2.75, 3.05) is 24.3 Å². The summed E-state index contributed by atoms with van der Waals surface area (Å²) in [7, 11) is 1.41. The summed E-state index contributed by atoms with van der Waals surface area (Å²) in [6.45, 7) is -0.0989. The summed E-state index contributed by atoms with van der Waals surface area (Å²) in [6, 6.07) is 20.7. The Kier molecular flexibility index (Phi) is 6.26. The molecular formula is C21H19N3O5. The number of nitrogens with zero attached hydrogens (tertiary/aromatic N) is 1. The second-order valence-electron chi connectivity index (χ2n) is 5.95. The van der Waals surface area contributed by atoms with Gasteiger partial charge in [-0.2, -0.15) is 0 Å². The maximum Gasteiger partial charge on any atom is 0.296 e. The van der Waals surface area contributed by atoms with Crippen molar-refractivity contribution < 1.29 is 19.2 Å². The fourth-order valence-electron chi connectivity index (χ4n) is 2.58. The van der Waals surface area contributed by atoms with Gasteiger partial charge in [-0.15, -0.1) is 0 Å². The zero-order valence-corrected chi connectivity index (χ0v) is 15.6. The summed E-state index contributed by atoms with van der Waals surface area (Å²) in [4.78, 5) is 23.0. The van der Waals surface area contributed by atoms with Crippen LogP contribution in [0.5, 0.6) is 17.2 Å². The van der Waals surface area contributed by atoms with Gasteiger partial charge in [0.2, 0.25) is 5.91 Å². The van der Waals surface area contributed by atoms with Crippen LogP contribution in [0.15, 0.2) is 72.8 Å². The number of rotatable bonds is 8. The third-order valence-electron chi connectivity index (χ3n) is 3.97. The van der Waals surface area contributed by atoms with Crippen molar-refractivity contribution in [1.82, 2.24) is 0 Å². The molecule has 2 N–H and O–H groups in total. The lowest BCUT2D eigenvalue weighted by Gasteiger charge is -2.13. The lowest BCUT2D eigenvalue weighted by atomic mass is 10.2. The molecule has 0 aromatic heterocycles. The number of para-hydroxylation sites is 3. The van der Waals surface area contributed by atoms with E-state index in [1.807, 2.05) is 42.5 Å². The number of hydrogen-bond donors (Lipinski definition) is 2. The van der Waals surface area contributed by atoms with E-state index >= 15 is 0 Å². The maximum absolute atomic E-state index is 12.3. The first kappa shape index (κ1) is 19.7. The second-order valence-corrected chi connectivity index (χ2v) is 5.95. The molecule has 3 aromatic rings. The van der Waals surface area contributed by atoms with Gasteiger partial charge in [0.25, 0.3) is 5.69 Å². The molecule has 0 bridgehead atoms. The number of methoxy groups -OCH3 is 1. The van der Waals surface area contributed by atoms with Crippen LogP contribution in [-0.4, -0.2) is 24.5 Å². The molecule has 8 heteroatoms. The maximum atomic E-state index is 12.3. The fourth-order valence-corrected chi connectivity index (χ4v) is 2.58. The first-order valence-electron chi connectivity index (χ1n) is 8.75. The van der Waals surface area contributed by atoms with Crippen LogP contribution in [0, 0.1) is 10.1 Å². The molecular weight excluding hydrogens is 374 g/mol. The van der Waals surface area contributed by atoms with Crippen molar-refractivity contribution >= 4 is 23.0 Å². The van der Waals surface area contributed by atoms with Crippen molar-refractivity contribution in [2.24, 2.45) is 0 Å². The Labute approximate surface area is 167 Å². The van der Waals surface area contributed by atoms with Crippen LogP contribution in [0.4, 0.5) is 17.1 Å². The number of benzene rings is 3. The Bertz CT molecular complexity index is 1010. The summed E-state index contributed by atoms with van der Waals surface area (Å²) in [5.41, 5.74) is 0.470. The smallest absolute Gasteiger partial charge is 0.296 e. The summed E-state index contributed by atoms with van der Waals surface area (Å²) in [5, 5.41) is 16.8. The number of ether oxygens (including phenoxy) is 2. The van der Waals surface area contributed by atoms with Gasteiger partial charge in [-0.25, -0.2) is 0 Å². The van der Waals surface area contributed by atoms with Gasteiger partial charge < -0.3 is 20.1 Å². The van der Waals surface area contributed by atoms with E-state index in [2.05, 4.69) is 10.6 Å². The van der Waals surface area contributed by atoms with Crippen LogP contribution in [0.1, 0.15) is 0 Å². The van der Waals surface area contributed by atoms with Gasteiger partial charge in [0.1, 0.15) is 17.2 Å². The Morgan fingerprint density at radius 3 is 2.41 bits per heavy atom. The zero-order valence-electron chi connectivity index (χ0n) is 15.6. The Morgan fingerprint density at radius 2 is 1.69 bits per heavy atom. The molecule has 8 nitrogen and oxygen atoms in total. The summed E-state index contributed by atoms with van der Waals surface area (Å²) in [6.07, 6.45) is 0. The first-order chi connectivity index (χ1) is 14.1. The highest BCUT2D eigenvalue weighted by Crippen LogP contribution is 2.30. The summed E-state index contributed by atoms with van der Waals surface area (Å²) in [5.74, 6) is 1.12. The molecule has 0 aliphatic heterocycles. The lowest BCUT2D eigenvalue weighted by Crippen LogP contribution is -2.22. The topological polar surface area (TPSA) is 103 Å². The molecule has 0 unspecified atom stereocenters. The van der Waals surface area contributed by atoms with Gasteiger partial charge in [-0.05, 0) is 36.4 Å². The predicted molar refractivity (Wildman–Crippen MR) is 110 cm³/mol. The van der Waals surface area contributed by atoms with Crippen molar-refractivity contribution in [2.45, 2.75) is 0 Å². The summed E-state index contributed by atoms with van der Waals surface area (Å²) >= 11 is 0. The highest BCUT2D eigenvalue weighted by Gasteiger charge is 2.17. The van der Waals surface area contributed by atoms with Crippen molar-refractivity contribution in [3.05, 3.63) is 82.9 Å². The van der Waals surface area contributed by atoms with Crippen LogP contribution in [0.25, 0.3) is 0 Å². The average Bonchev–Trinajstić information content (AvgIpc) is 2.74. The Hall–Kier alpha value is -4.07. The minimum absolute atomic E-state index is 0.0939. The number of amides is 1. The average molecular weight is 393 g/mol. The van der Waals surface area contributed by atoms with Crippen LogP contribution < -0.4 is 20.1 Å². The number of anilines is 2. The van der Waals surface area contributed by atoms with E-state index in [1.165, 1.54) is 19.2 Å². The molecule has 3 aromatic carbocycles. The van der Waals surface area contributed by atoms with Crippen LogP contribution in [0.3, 0.4) is 0 Å². The molecule has 3 rings (SSSR count). The Balaban J connectivity index is 1.67. The van der Waals surface area contributed by atoms with E-state index in [1.54, 1.807) is 18.2 Å².